The molecule has 0 aliphatic carbocycles. The van der Waals surface area contributed by atoms with Gasteiger partial charge in [0.25, 0.3) is 0 Å². The van der Waals surface area contributed by atoms with E-state index >= 15 is 0 Å². The molecule has 0 bridgehead atoms. The van der Waals surface area contributed by atoms with Crippen LogP contribution in [0, 0.1) is 6.92 Å². The summed E-state index contributed by atoms with van der Waals surface area (Å²) >= 11 is 0. The van der Waals surface area contributed by atoms with Gasteiger partial charge < -0.3 is 16.2 Å². The summed E-state index contributed by atoms with van der Waals surface area (Å²) in [6.07, 6.45) is 0. The number of benzene rings is 2. The number of hydrogen-bond acceptors (Lipinski definition) is 3. The average Bonchev–Trinajstić information content (AvgIpc) is 2.45. The van der Waals surface area contributed by atoms with Crippen molar-refractivity contribution in [2.75, 3.05) is 5.32 Å². The molecule has 2 aromatic rings. The molecule has 0 fully saturated rings. The van der Waals surface area contributed by atoms with Crippen LogP contribution in [0.4, 0.5) is 5.69 Å². The number of nitrogens with two attached hydrogens (primary N) is 1. The molecule has 0 atom stereocenters. The number of rotatable bonds is 5. The van der Waals surface area contributed by atoms with Gasteiger partial charge in [-0.2, -0.15) is 0 Å². The predicted octanol–water partition coefficient (Wildman–Crippen LogP) is 2.40. The molecule has 2 aromatic carbocycles. The normalized spacial score (nSPS) is 10.1. The van der Waals surface area contributed by atoms with Crippen LogP contribution in [-0.4, -0.2) is 17.0 Å². The summed E-state index contributed by atoms with van der Waals surface area (Å²) in [5.74, 6) is -1.38. The Labute approximate surface area is 122 Å². The number of carbonyl (C=O) groups is 2. The van der Waals surface area contributed by atoms with Crippen LogP contribution in [0.25, 0.3) is 0 Å². The minimum atomic E-state index is -0.938. The molecule has 0 saturated carbocycles. The van der Waals surface area contributed by atoms with Crippen molar-refractivity contribution in [3.05, 3.63) is 64.7 Å². The van der Waals surface area contributed by atoms with Crippen LogP contribution >= 0.6 is 0 Å². The van der Waals surface area contributed by atoms with E-state index in [1.54, 1.807) is 36.4 Å². The van der Waals surface area contributed by atoms with Gasteiger partial charge in [0.2, 0.25) is 5.91 Å². The third kappa shape index (κ3) is 3.60. The topological polar surface area (TPSA) is 92.4 Å². The fraction of sp³-hybridized carbons (Fsp3) is 0.125. The molecule has 2 rings (SSSR count). The number of carboxylic acid groups (broad SMARTS) is 1. The smallest absolute Gasteiger partial charge is 0.335 e. The van der Waals surface area contributed by atoms with E-state index in [4.69, 9.17) is 10.8 Å². The number of carbonyl (C=O) groups excluding carboxylic acids is 1. The van der Waals surface area contributed by atoms with Gasteiger partial charge in [0, 0.05) is 17.8 Å². The molecule has 4 N–H and O–H groups in total. The number of carboxylic acids is 1. The van der Waals surface area contributed by atoms with E-state index in [1.165, 1.54) is 0 Å². The number of hydrogen-bond donors (Lipinski definition) is 3. The highest BCUT2D eigenvalue weighted by Crippen LogP contribution is 2.16. The number of anilines is 1. The van der Waals surface area contributed by atoms with Crippen LogP contribution in [-0.2, 0) is 6.54 Å². The van der Waals surface area contributed by atoms with E-state index in [1.807, 2.05) is 13.0 Å². The number of aromatic carboxylic acids is 1. The van der Waals surface area contributed by atoms with Crippen molar-refractivity contribution in [1.29, 1.82) is 0 Å². The second kappa shape index (κ2) is 6.09. The number of amides is 1. The summed E-state index contributed by atoms with van der Waals surface area (Å²) < 4.78 is 0. The van der Waals surface area contributed by atoms with Gasteiger partial charge in [-0.1, -0.05) is 12.1 Å². The third-order valence-corrected chi connectivity index (χ3v) is 3.19. The van der Waals surface area contributed by atoms with Crippen molar-refractivity contribution in [2.24, 2.45) is 5.73 Å². The molecule has 5 heteroatoms. The standard InChI is InChI=1S/C16H16N2O3/c1-10-8-13(6-7-14(10)15(17)19)18-9-11-2-4-12(5-3-11)16(20)21/h2-8,18H,9H2,1H3,(H2,17,19)(H,20,21). The molecule has 108 valence electrons. The third-order valence-electron chi connectivity index (χ3n) is 3.19. The van der Waals surface area contributed by atoms with E-state index in [0.717, 1.165) is 16.8 Å². The lowest BCUT2D eigenvalue weighted by Crippen LogP contribution is -2.12. The van der Waals surface area contributed by atoms with E-state index in [0.29, 0.717) is 12.1 Å². The van der Waals surface area contributed by atoms with Gasteiger partial charge in [-0.05, 0) is 48.4 Å². The SMILES string of the molecule is Cc1cc(NCc2ccc(C(=O)O)cc2)ccc1C(N)=O. The molecule has 0 saturated heterocycles. The van der Waals surface area contributed by atoms with E-state index in [9.17, 15) is 9.59 Å². The van der Waals surface area contributed by atoms with Gasteiger partial charge in [-0.25, -0.2) is 4.79 Å². The van der Waals surface area contributed by atoms with E-state index < -0.39 is 11.9 Å². The Morgan fingerprint density at radius 1 is 1.14 bits per heavy atom. The van der Waals surface area contributed by atoms with E-state index in [-0.39, 0.29) is 5.56 Å². The molecular formula is C16H16N2O3. The van der Waals surface area contributed by atoms with Crippen molar-refractivity contribution in [3.8, 4) is 0 Å². The van der Waals surface area contributed by atoms with Crippen molar-refractivity contribution in [2.45, 2.75) is 13.5 Å². The predicted molar refractivity (Wildman–Crippen MR) is 80.4 cm³/mol. The molecule has 0 aliphatic heterocycles. The molecule has 0 heterocycles. The summed E-state index contributed by atoms with van der Waals surface area (Å²) in [4.78, 5) is 21.9. The van der Waals surface area contributed by atoms with E-state index in [2.05, 4.69) is 5.32 Å². The number of nitrogens with one attached hydrogen (secondary N) is 1. The minimum absolute atomic E-state index is 0.264. The molecule has 5 nitrogen and oxygen atoms in total. The van der Waals surface area contributed by atoms with Crippen molar-refractivity contribution in [1.82, 2.24) is 0 Å². The fourth-order valence-corrected chi connectivity index (χ4v) is 2.02. The minimum Gasteiger partial charge on any atom is -0.478 e. The Morgan fingerprint density at radius 3 is 2.33 bits per heavy atom. The highest BCUT2D eigenvalue weighted by Gasteiger charge is 2.05. The maximum Gasteiger partial charge on any atom is 0.335 e. The second-order valence-corrected chi connectivity index (χ2v) is 4.75. The van der Waals surface area contributed by atoms with Crippen LogP contribution < -0.4 is 11.1 Å². The Bertz CT molecular complexity index is 678. The molecular weight excluding hydrogens is 268 g/mol. The lowest BCUT2D eigenvalue weighted by Gasteiger charge is -2.09. The summed E-state index contributed by atoms with van der Waals surface area (Å²) in [6, 6.07) is 12.0. The van der Waals surface area contributed by atoms with Gasteiger partial charge in [0.15, 0.2) is 0 Å². The van der Waals surface area contributed by atoms with Gasteiger partial charge in [-0.15, -0.1) is 0 Å². The van der Waals surface area contributed by atoms with Crippen molar-refractivity contribution in [3.63, 3.8) is 0 Å². The summed E-state index contributed by atoms with van der Waals surface area (Å²) in [6.45, 7) is 2.39. The van der Waals surface area contributed by atoms with Crippen LogP contribution in [0.2, 0.25) is 0 Å². The summed E-state index contributed by atoms with van der Waals surface area (Å²) in [7, 11) is 0. The molecule has 21 heavy (non-hydrogen) atoms. The lowest BCUT2D eigenvalue weighted by atomic mass is 10.1. The first-order valence-electron chi connectivity index (χ1n) is 6.44. The van der Waals surface area contributed by atoms with Gasteiger partial charge in [0.05, 0.1) is 5.56 Å². The Morgan fingerprint density at radius 2 is 1.81 bits per heavy atom. The van der Waals surface area contributed by atoms with Gasteiger partial charge >= 0.3 is 5.97 Å². The second-order valence-electron chi connectivity index (χ2n) is 4.75. The van der Waals surface area contributed by atoms with Crippen molar-refractivity contribution >= 4 is 17.6 Å². The zero-order valence-electron chi connectivity index (χ0n) is 11.6. The molecule has 0 unspecified atom stereocenters. The highest BCUT2D eigenvalue weighted by molar-refractivity contribution is 5.94. The van der Waals surface area contributed by atoms with Gasteiger partial charge in [-0.3, -0.25) is 4.79 Å². The number of primary amides is 1. The Hall–Kier alpha value is -2.82. The highest BCUT2D eigenvalue weighted by atomic mass is 16.4. The molecule has 0 aliphatic rings. The first-order valence-corrected chi connectivity index (χ1v) is 6.44. The zero-order valence-corrected chi connectivity index (χ0v) is 11.6. The molecule has 0 spiro atoms. The quantitative estimate of drug-likeness (QED) is 0.786. The molecule has 1 amide bonds. The first kappa shape index (κ1) is 14.6. The Balaban J connectivity index is 2.04. The average molecular weight is 284 g/mol. The monoisotopic (exact) mass is 284 g/mol. The van der Waals surface area contributed by atoms with Crippen LogP contribution in [0.15, 0.2) is 42.5 Å². The largest absolute Gasteiger partial charge is 0.478 e. The molecule has 0 radical (unpaired) electrons. The summed E-state index contributed by atoms with van der Waals surface area (Å²) in [5.41, 5.74) is 8.69. The summed E-state index contributed by atoms with van der Waals surface area (Å²) in [5, 5.41) is 12.0. The maximum atomic E-state index is 11.2. The maximum absolute atomic E-state index is 11.2. The van der Waals surface area contributed by atoms with Crippen LogP contribution in [0.5, 0.6) is 0 Å². The zero-order chi connectivity index (χ0) is 15.4. The Kier molecular flexibility index (Phi) is 4.23. The fourth-order valence-electron chi connectivity index (χ4n) is 2.02. The number of aryl methyl sites for hydroxylation is 1. The first-order chi connectivity index (χ1) is 9.97. The van der Waals surface area contributed by atoms with Crippen molar-refractivity contribution < 1.29 is 14.7 Å². The van der Waals surface area contributed by atoms with Crippen LogP contribution in [0.3, 0.4) is 0 Å². The lowest BCUT2D eigenvalue weighted by molar-refractivity contribution is 0.0696. The van der Waals surface area contributed by atoms with Gasteiger partial charge in [0.1, 0.15) is 0 Å². The molecule has 0 aromatic heterocycles. The van der Waals surface area contributed by atoms with Crippen LogP contribution in [0.1, 0.15) is 31.8 Å².